The molecule has 0 fully saturated rings. The molecule has 2 rings (SSSR count). The zero-order chi connectivity index (χ0) is 19.8. The van der Waals surface area contributed by atoms with Crippen molar-refractivity contribution in [2.75, 3.05) is 26.6 Å². The Morgan fingerprint density at radius 3 is 2.22 bits per heavy atom. The first-order valence-corrected chi connectivity index (χ1v) is 8.13. The quantitative estimate of drug-likeness (QED) is 0.695. The van der Waals surface area contributed by atoms with E-state index in [-0.39, 0.29) is 12.3 Å². The van der Waals surface area contributed by atoms with E-state index in [9.17, 15) is 9.59 Å². The van der Waals surface area contributed by atoms with Crippen LogP contribution >= 0.6 is 0 Å². The van der Waals surface area contributed by atoms with E-state index in [2.05, 4.69) is 5.32 Å². The van der Waals surface area contributed by atoms with Crippen molar-refractivity contribution in [3.05, 3.63) is 53.6 Å². The summed E-state index contributed by atoms with van der Waals surface area (Å²) in [4.78, 5) is 23.4. The van der Waals surface area contributed by atoms with Gasteiger partial charge in [0.05, 0.1) is 27.8 Å². The highest BCUT2D eigenvalue weighted by atomic mass is 16.5. The molecule has 0 aromatic heterocycles. The molecule has 0 aliphatic carbocycles. The van der Waals surface area contributed by atoms with Gasteiger partial charge in [-0.1, -0.05) is 18.2 Å². The van der Waals surface area contributed by atoms with Crippen molar-refractivity contribution in [3.8, 4) is 17.2 Å². The predicted octanol–water partition coefficient (Wildman–Crippen LogP) is 2.39. The van der Waals surface area contributed by atoms with Crippen LogP contribution in [0.4, 0.5) is 5.69 Å². The van der Waals surface area contributed by atoms with Gasteiger partial charge in [0.25, 0.3) is 0 Å². The van der Waals surface area contributed by atoms with E-state index in [0.717, 1.165) is 0 Å². The summed E-state index contributed by atoms with van der Waals surface area (Å²) in [5, 5.41) is 2.75. The summed E-state index contributed by atoms with van der Waals surface area (Å²) >= 11 is 0. The third kappa shape index (κ3) is 5.24. The summed E-state index contributed by atoms with van der Waals surface area (Å²) in [5.41, 5.74) is 7.13. The van der Waals surface area contributed by atoms with Crippen molar-refractivity contribution < 1.29 is 23.8 Å². The summed E-state index contributed by atoms with van der Waals surface area (Å²) < 4.78 is 15.9. The molecule has 0 unspecified atom stereocenters. The molecule has 27 heavy (non-hydrogen) atoms. The van der Waals surface area contributed by atoms with Gasteiger partial charge in [0.2, 0.25) is 17.6 Å². The SMILES string of the molecule is COc1cc(C=CC(=O)Nc2ccccc2CC(N)=O)cc(OC)c1OC. The first-order valence-electron chi connectivity index (χ1n) is 8.13. The number of primary amides is 1. The van der Waals surface area contributed by atoms with E-state index in [1.807, 2.05) is 0 Å². The minimum absolute atomic E-state index is 0.0487. The van der Waals surface area contributed by atoms with Crippen LogP contribution in [-0.2, 0) is 16.0 Å². The smallest absolute Gasteiger partial charge is 0.248 e. The Hall–Kier alpha value is -3.48. The lowest BCUT2D eigenvalue weighted by Gasteiger charge is -2.12. The van der Waals surface area contributed by atoms with Crippen molar-refractivity contribution in [3.63, 3.8) is 0 Å². The summed E-state index contributed by atoms with van der Waals surface area (Å²) in [6.07, 6.45) is 3.05. The third-order valence-corrected chi connectivity index (χ3v) is 3.75. The first kappa shape index (κ1) is 19.8. The lowest BCUT2D eigenvalue weighted by molar-refractivity contribution is -0.117. The highest BCUT2D eigenvalue weighted by molar-refractivity contribution is 6.02. The molecule has 0 spiro atoms. The van der Waals surface area contributed by atoms with Crippen LogP contribution in [0.3, 0.4) is 0 Å². The number of para-hydroxylation sites is 1. The zero-order valence-electron chi connectivity index (χ0n) is 15.4. The number of hydrogen-bond donors (Lipinski definition) is 2. The molecule has 2 amide bonds. The summed E-state index contributed by atoms with van der Waals surface area (Å²) in [6, 6.07) is 10.5. The molecule has 7 heteroatoms. The maximum atomic E-state index is 12.3. The summed E-state index contributed by atoms with van der Waals surface area (Å²) in [5.74, 6) is 0.639. The fourth-order valence-electron chi connectivity index (χ4n) is 2.53. The van der Waals surface area contributed by atoms with Gasteiger partial charge in [0.15, 0.2) is 11.5 Å². The van der Waals surface area contributed by atoms with Crippen molar-refractivity contribution in [2.45, 2.75) is 6.42 Å². The molecule has 7 nitrogen and oxygen atoms in total. The van der Waals surface area contributed by atoms with Gasteiger partial charge < -0.3 is 25.3 Å². The summed E-state index contributed by atoms with van der Waals surface area (Å²) in [6.45, 7) is 0. The van der Waals surface area contributed by atoms with E-state index in [1.54, 1.807) is 42.5 Å². The van der Waals surface area contributed by atoms with Crippen molar-refractivity contribution in [1.82, 2.24) is 0 Å². The maximum Gasteiger partial charge on any atom is 0.248 e. The standard InChI is InChI=1S/C20H22N2O5/c1-25-16-10-13(11-17(26-2)20(16)27-3)8-9-19(24)22-15-7-5-4-6-14(15)12-18(21)23/h4-11H,12H2,1-3H3,(H2,21,23)(H,22,24). The number of carbonyl (C=O) groups excluding carboxylic acids is 2. The fraction of sp³-hybridized carbons (Fsp3) is 0.200. The molecular weight excluding hydrogens is 348 g/mol. The number of carbonyl (C=O) groups is 2. The molecule has 0 saturated carbocycles. The Bertz CT molecular complexity index is 836. The van der Waals surface area contributed by atoms with E-state index < -0.39 is 5.91 Å². The van der Waals surface area contributed by atoms with Crippen molar-refractivity contribution >= 4 is 23.6 Å². The lowest BCUT2D eigenvalue weighted by atomic mass is 10.1. The number of ether oxygens (including phenoxy) is 3. The van der Waals surface area contributed by atoms with Crippen LogP contribution in [0.2, 0.25) is 0 Å². The van der Waals surface area contributed by atoms with E-state index in [1.165, 1.54) is 27.4 Å². The van der Waals surface area contributed by atoms with Gasteiger partial charge in [-0.3, -0.25) is 9.59 Å². The van der Waals surface area contributed by atoms with Crippen LogP contribution in [0.25, 0.3) is 6.08 Å². The lowest BCUT2D eigenvalue weighted by Crippen LogP contribution is -2.16. The first-order chi connectivity index (χ1) is 13.0. The van der Waals surface area contributed by atoms with Gasteiger partial charge in [0.1, 0.15) is 0 Å². The minimum Gasteiger partial charge on any atom is -0.493 e. The van der Waals surface area contributed by atoms with Crippen LogP contribution in [0.5, 0.6) is 17.2 Å². The van der Waals surface area contributed by atoms with Gasteiger partial charge in [-0.05, 0) is 35.4 Å². The minimum atomic E-state index is -0.468. The molecule has 0 saturated heterocycles. The van der Waals surface area contributed by atoms with Crippen LogP contribution in [0, 0.1) is 0 Å². The molecule has 0 aliphatic rings. The van der Waals surface area contributed by atoms with Crippen molar-refractivity contribution in [2.24, 2.45) is 5.73 Å². The molecule has 0 heterocycles. The highest BCUT2D eigenvalue weighted by Crippen LogP contribution is 2.38. The molecular formula is C20H22N2O5. The average Bonchev–Trinajstić information content (AvgIpc) is 2.66. The average molecular weight is 370 g/mol. The largest absolute Gasteiger partial charge is 0.493 e. The number of nitrogens with two attached hydrogens (primary N) is 1. The van der Waals surface area contributed by atoms with E-state index >= 15 is 0 Å². The van der Waals surface area contributed by atoms with Crippen LogP contribution in [0.1, 0.15) is 11.1 Å². The monoisotopic (exact) mass is 370 g/mol. The third-order valence-electron chi connectivity index (χ3n) is 3.75. The molecule has 2 aromatic carbocycles. The number of anilines is 1. The molecule has 3 N–H and O–H groups in total. The fourth-order valence-corrected chi connectivity index (χ4v) is 2.53. The van der Waals surface area contributed by atoms with E-state index in [4.69, 9.17) is 19.9 Å². The second kappa shape index (κ2) is 9.28. The normalized spacial score (nSPS) is 10.5. The number of amides is 2. The Morgan fingerprint density at radius 2 is 1.67 bits per heavy atom. The molecule has 2 aromatic rings. The Labute approximate surface area is 157 Å². The second-order valence-corrected chi connectivity index (χ2v) is 5.58. The van der Waals surface area contributed by atoms with Crippen LogP contribution in [-0.4, -0.2) is 33.1 Å². The van der Waals surface area contributed by atoms with Gasteiger partial charge >= 0.3 is 0 Å². The van der Waals surface area contributed by atoms with E-state index in [0.29, 0.717) is 34.1 Å². The van der Waals surface area contributed by atoms with Gasteiger partial charge in [0, 0.05) is 11.8 Å². The number of rotatable bonds is 8. The summed E-state index contributed by atoms with van der Waals surface area (Å²) in [7, 11) is 4.56. The van der Waals surface area contributed by atoms with Gasteiger partial charge in [-0.2, -0.15) is 0 Å². The zero-order valence-corrected chi connectivity index (χ0v) is 15.4. The Morgan fingerprint density at radius 1 is 1.04 bits per heavy atom. The topological polar surface area (TPSA) is 99.9 Å². The van der Waals surface area contributed by atoms with Gasteiger partial charge in [-0.25, -0.2) is 0 Å². The highest BCUT2D eigenvalue weighted by Gasteiger charge is 2.12. The molecule has 0 bridgehead atoms. The molecule has 142 valence electrons. The van der Waals surface area contributed by atoms with Crippen LogP contribution in [0.15, 0.2) is 42.5 Å². The second-order valence-electron chi connectivity index (χ2n) is 5.58. The molecule has 0 aliphatic heterocycles. The van der Waals surface area contributed by atoms with Crippen molar-refractivity contribution in [1.29, 1.82) is 0 Å². The maximum absolute atomic E-state index is 12.3. The number of nitrogens with one attached hydrogen (secondary N) is 1. The Balaban J connectivity index is 2.19. The molecule has 0 atom stereocenters. The predicted molar refractivity (Wildman–Crippen MR) is 103 cm³/mol. The van der Waals surface area contributed by atoms with Crippen LogP contribution < -0.4 is 25.3 Å². The number of hydrogen-bond acceptors (Lipinski definition) is 5. The number of methoxy groups -OCH3 is 3. The Kier molecular flexibility index (Phi) is 6.82. The molecule has 0 radical (unpaired) electrons. The number of benzene rings is 2. The van der Waals surface area contributed by atoms with Gasteiger partial charge in [-0.15, -0.1) is 0 Å².